The van der Waals surface area contributed by atoms with Crippen LogP contribution in [0.2, 0.25) is 0 Å². The van der Waals surface area contributed by atoms with Crippen LogP contribution in [0.3, 0.4) is 0 Å². The Morgan fingerprint density at radius 2 is 1.88 bits per heavy atom. The number of tetrazole rings is 2. The molecular weight excluding hydrogens is 350 g/mol. The van der Waals surface area contributed by atoms with Crippen LogP contribution in [-0.2, 0) is 11.8 Å². The molecule has 1 aromatic carbocycles. The predicted octanol–water partition coefficient (Wildman–Crippen LogP) is -0.385. The Morgan fingerprint density at radius 3 is 2.52 bits per heavy atom. The van der Waals surface area contributed by atoms with Crippen molar-refractivity contribution in [1.82, 2.24) is 40.4 Å². The maximum Gasteiger partial charge on any atom is 0.335 e. The molecule has 0 radical (unpaired) electrons. The fourth-order valence-corrected chi connectivity index (χ4v) is 2.49. The van der Waals surface area contributed by atoms with Crippen LogP contribution in [0.15, 0.2) is 29.4 Å². The normalized spacial score (nSPS) is 10.6. The summed E-state index contributed by atoms with van der Waals surface area (Å²) >= 11 is 1.12. The van der Waals surface area contributed by atoms with E-state index in [1.807, 2.05) is 0 Å². The number of benzene rings is 1. The number of amides is 1. The lowest BCUT2D eigenvalue weighted by Crippen LogP contribution is -2.17. The van der Waals surface area contributed by atoms with Gasteiger partial charge in [0.25, 0.3) is 0 Å². The topological polar surface area (TPSA) is 154 Å². The molecule has 0 spiro atoms. The Balaban J connectivity index is 1.66. The number of rotatable bonds is 6. The molecule has 0 fully saturated rings. The minimum absolute atomic E-state index is 0.0421. The molecule has 1 amide bonds. The summed E-state index contributed by atoms with van der Waals surface area (Å²) in [5.41, 5.74) is 0.734. The van der Waals surface area contributed by atoms with E-state index in [0.717, 1.165) is 11.8 Å². The Kier molecular flexibility index (Phi) is 4.65. The van der Waals surface area contributed by atoms with Gasteiger partial charge in [-0.15, -0.1) is 5.10 Å². The number of nitrogens with one attached hydrogen (secondary N) is 1. The van der Waals surface area contributed by atoms with Gasteiger partial charge in [0.15, 0.2) is 0 Å². The summed E-state index contributed by atoms with van der Waals surface area (Å²) in [5.74, 6) is -1.07. The number of aromatic carboxylic acids is 1. The fourth-order valence-electron chi connectivity index (χ4n) is 1.80. The van der Waals surface area contributed by atoms with Gasteiger partial charge in [0, 0.05) is 7.05 Å². The van der Waals surface area contributed by atoms with Gasteiger partial charge >= 0.3 is 5.97 Å². The Bertz CT molecular complexity index is 905. The number of hydrogen-bond acceptors (Lipinski definition) is 9. The zero-order chi connectivity index (χ0) is 17.8. The summed E-state index contributed by atoms with van der Waals surface area (Å²) < 4.78 is 2.74. The third kappa shape index (κ3) is 3.77. The Hall–Kier alpha value is -3.35. The Morgan fingerprint density at radius 1 is 1.16 bits per heavy atom. The zero-order valence-electron chi connectivity index (χ0n) is 12.8. The predicted molar refractivity (Wildman–Crippen MR) is 84.3 cm³/mol. The van der Waals surface area contributed by atoms with Crippen LogP contribution in [0.5, 0.6) is 0 Å². The van der Waals surface area contributed by atoms with E-state index in [9.17, 15) is 9.59 Å². The van der Waals surface area contributed by atoms with Gasteiger partial charge < -0.3 is 5.11 Å². The van der Waals surface area contributed by atoms with Crippen molar-refractivity contribution >= 4 is 29.6 Å². The van der Waals surface area contributed by atoms with Crippen molar-refractivity contribution in [3.63, 3.8) is 0 Å². The number of carbonyl (C=O) groups excluding carboxylic acids is 1. The molecule has 2 aromatic heterocycles. The number of thioether (sulfide) groups is 1. The van der Waals surface area contributed by atoms with E-state index in [0.29, 0.717) is 10.8 Å². The Labute approximate surface area is 144 Å². The molecule has 0 saturated carbocycles. The monoisotopic (exact) mass is 361 g/mol. The second-order valence-corrected chi connectivity index (χ2v) is 5.63. The van der Waals surface area contributed by atoms with Gasteiger partial charge in [-0.25, -0.2) is 9.48 Å². The van der Waals surface area contributed by atoms with Crippen molar-refractivity contribution in [1.29, 1.82) is 0 Å². The molecular formula is C12H11N9O3S. The van der Waals surface area contributed by atoms with Crippen LogP contribution in [0.4, 0.5) is 5.95 Å². The number of hydrogen-bond donors (Lipinski definition) is 2. The van der Waals surface area contributed by atoms with E-state index in [1.54, 1.807) is 19.2 Å². The molecule has 0 aliphatic heterocycles. The fraction of sp³-hybridized carbons (Fsp3) is 0.167. The minimum Gasteiger partial charge on any atom is -0.478 e. The molecule has 3 rings (SSSR count). The number of carboxylic acids is 1. The average molecular weight is 361 g/mol. The first-order valence-corrected chi connectivity index (χ1v) is 7.80. The van der Waals surface area contributed by atoms with Crippen LogP contribution in [0.1, 0.15) is 10.4 Å². The maximum atomic E-state index is 11.9. The molecule has 0 bridgehead atoms. The van der Waals surface area contributed by atoms with Gasteiger partial charge in [0.2, 0.25) is 17.0 Å². The van der Waals surface area contributed by atoms with Crippen LogP contribution < -0.4 is 5.32 Å². The standard InChI is InChI=1S/C12H11N9O3S/c1-20-11(14-16-18-20)13-9(22)6-25-12-15-17-19-21(12)8-4-2-7(3-5-8)10(23)24/h2-5H,6H2,1H3,(H,23,24)(H,13,14,18,22). The van der Waals surface area contributed by atoms with Gasteiger partial charge in [-0.2, -0.15) is 4.68 Å². The van der Waals surface area contributed by atoms with Gasteiger partial charge in [0.1, 0.15) is 0 Å². The minimum atomic E-state index is -1.02. The zero-order valence-corrected chi connectivity index (χ0v) is 13.6. The first kappa shape index (κ1) is 16.5. The van der Waals surface area contributed by atoms with E-state index >= 15 is 0 Å². The van der Waals surface area contributed by atoms with E-state index in [2.05, 4.69) is 36.4 Å². The van der Waals surface area contributed by atoms with E-state index in [4.69, 9.17) is 5.11 Å². The quantitative estimate of drug-likeness (QED) is 0.555. The summed E-state index contributed by atoms with van der Waals surface area (Å²) in [5, 5.41) is 33.8. The summed E-state index contributed by atoms with van der Waals surface area (Å²) in [4.78, 5) is 22.8. The molecule has 3 aromatic rings. The third-order valence-corrected chi connectivity index (χ3v) is 3.92. The number of anilines is 1. The summed E-state index contributed by atoms with van der Waals surface area (Å²) in [7, 11) is 1.60. The molecule has 2 heterocycles. The largest absolute Gasteiger partial charge is 0.478 e. The molecule has 0 aliphatic rings. The van der Waals surface area contributed by atoms with Crippen molar-refractivity contribution in [2.45, 2.75) is 5.16 Å². The highest BCUT2D eigenvalue weighted by atomic mass is 32.2. The number of aromatic nitrogens is 8. The molecule has 0 atom stereocenters. The van der Waals surface area contributed by atoms with Gasteiger partial charge in [-0.05, 0) is 45.1 Å². The average Bonchev–Trinajstić information content (AvgIpc) is 3.22. The van der Waals surface area contributed by atoms with Crippen LogP contribution >= 0.6 is 11.8 Å². The first-order chi connectivity index (χ1) is 12.0. The van der Waals surface area contributed by atoms with Crippen LogP contribution in [-0.4, -0.2) is 63.2 Å². The lowest BCUT2D eigenvalue weighted by atomic mass is 10.2. The SMILES string of the molecule is Cn1nnnc1NC(=O)CSc1nnnn1-c1ccc(C(=O)O)cc1. The summed E-state index contributed by atoms with van der Waals surface area (Å²) in [6.45, 7) is 0. The molecule has 2 N–H and O–H groups in total. The van der Waals surface area contributed by atoms with Crippen molar-refractivity contribution in [3.8, 4) is 5.69 Å². The van der Waals surface area contributed by atoms with E-state index in [1.165, 1.54) is 21.5 Å². The molecule has 0 aliphatic carbocycles. The van der Waals surface area contributed by atoms with Gasteiger partial charge in [-0.1, -0.05) is 16.9 Å². The summed E-state index contributed by atoms with van der Waals surface area (Å²) in [6, 6.07) is 6.05. The molecule has 0 saturated heterocycles. The summed E-state index contributed by atoms with van der Waals surface area (Å²) in [6.07, 6.45) is 0. The van der Waals surface area contributed by atoms with Crippen LogP contribution in [0.25, 0.3) is 5.69 Å². The molecule has 12 nitrogen and oxygen atoms in total. The molecule has 13 heteroatoms. The molecule has 25 heavy (non-hydrogen) atoms. The van der Waals surface area contributed by atoms with Gasteiger partial charge in [-0.3, -0.25) is 10.1 Å². The lowest BCUT2D eigenvalue weighted by Gasteiger charge is -2.05. The first-order valence-electron chi connectivity index (χ1n) is 6.81. The second kappa shape index (κ2) is 7.04. The highest BCUT2D eigenvalue weighted by molar-refractivity contribution is 7.99. The maximum absolute atomic E-state index is 11.9. The third-order valence-electron chi connectivity index (χ3n) is 3.00. The highest BCUT2D eigenvalue weighted by Crippen LogP contribution is 2.18. The van der Waals surface area contributed by atoms with Crippen molar-refractivity contribution in [2.24, 2.45) is 7.05 Å². The highest BCUT2D eigenvalue weighted by Gasteiger charge is 2.14. The number of nitrogens with zero attached hydrogens (tertiary/aromatic N) is 8. The lowest BCUT2D eigenvalue weighted by molar-refractivity contribution is -0.113. The second-order valence-electron chi connectivity index (χ2n) is 4.69. The smallest absolute Gasteiger partial charge is 0.335 e. The van der Waals surface area contributed by atoms with Crippen LogP contribution in [0, 0.1) is 0 Å². The molecule has 0 unspecified atom stereocenters. The van der Waals surface area contributed by atoms with Crippen molar-refractivity contribution < 1.29 is 14.7 Å². The molecule has 128 valence electrons. The van der Waals surface area contributed by atoms with Crippen molar-refractivity contribution in [3.05, 3.63) is 29.8 Å². The van der Waals surface area contributed by atoms with Crippen molar-refractivity contribution in [2.75, 3.05) is 11.1 Å². The van der Waals surface area contributed by atoms with E-state index in [-0.39, 0.29) is 23.2 Å². The number of carbonyl (C=O) groups is 2. The number of carboxylic acid groups (broad SMARTS) is 1. The van der Waals surface area contributed by atoms with Gasteiger partial charge in [0.05, 0.1) is 17.0 Å². The number of aryl methyl sites for hydroxylation is 1. The van der Waals surface area contributed by atoms with E-state index < -0.39 is 5.97 Å².